The lowest BCUT2D eigenvalue weighted by Gasteiger charge is -2.05. The summed E-state index contributed by atoms with van der Waals surface area (Å²) in [6, 6.07) is 14.0. The van der Waals surface area contributed by atoms with Crippen molar-refractivity contribution in [3.05, 3.63) is 65.5 Å². The van der Waals surface area contributed by atoms with Crippen LogP contribution in [0.2, 0.25) is 0 Å². The third-order valence-corrected chi connectivity index (χ3v) is 2.69. The van der Waals surface area contributed by atoms with Crippen LogP contribution in [0.1, 0.15) is 15.9 Å². The van der Waals surface area contributed by atoms with E-state index in [1.807, 2.05) is 6.07 Å². The van der Waals surface area contributed by atoms with E-state index in [1.165, 1.54) is 30.5 Å². The van der Waals surface area contributed by atoms with E-state index in [0.29, 0.717) is 16.9 Å². The van der Waals surface area contributed by atoms with E-state index in [0.717, 1.165) is 0 Å². The van der Waals surface area contributed by atoms with Gasteiger partial charge in [0.25, 0.3) is 5.91 Å². The van der Waals surface area contributed by atoms with Crippen molar-refractivity contribution in [1.29, 1.82) is 5.26 Å². The molecule has 0 aliphatic heterocycles. The maximum atomic E-state index is 12.8. The second-order valence-electron chi connectivity index (χ2n) is 4.19. The number of hydrogen-bond donors (Lipinski definition) is 1. The van der Waals surface area contributed by atoms with Crippen molar-refractivity contribution in [1.82, 2.24) is 5.43 Å². The van der Waals surface area contributed by atoms with Gasteiger partial charge in [-0.05, 0) is 36.4 Å². The number of hydrogen-bond acceptors (Lipinski definition) is 4. The first-order valence-electron chi connectivity index (χ1n) is 6.38. The Morgan fingerprint density at radius 1 is 1.27 bits per heavy atom. The summed E-state index contributed by atoms with van der Waals surface area (Å²) in [7, 11) is 0. The molecule has 2 rings (SSSR count). The zero-order valence-corrected chi connectivity index (χ0v) is 11.5. The Hall–Kier alpha value is -3.20. The molecule has 0 unspecified atom stereocenters. The summed E-state index contributed by atoms with van der Waals surface area (Å²) in [4.78, 5) is 11.8. The van der Waals surface area contributed by atoms with Crippen LogP contribution in [-0.2, 0) is 0 Å². The summed E-state index contributed by atoms with van der Waals surface area (Å²) in [5.41, 5.74) is 3.26. The molecule has 22 heavy (non-hydrogen) atoms. The number of ether oxygens (including phenoxy) is 1. The monoisotopic (exact) mass is 297 g/mol. The van der Waals surface area contributed by atoms with Gasteiger partial charge in [-0.15, -0.1) is 0 Å². The maximum Gasteiger partial charge on any atom is 0.271 e. The molecular weight excluding hydrogens is 285 g/mol. The molecule has 0 radical (unpaired) electrons. The number of carbonyl (C=O) groups is 1. The number of para-hydroxylation sites is 1. The third-order valence-electron chi connectivity index (χ3n) is 2.69. The average Bonchev–Trinajstić information content (AvgIpc) is 2.54. The van der Waals surface area contributed by atoms with Gasteiger partial charge in [0.15, 0.2) is 6.61 Å². The number of carbonyl (C=O) groups excluding carboxylic acids is 1. The highest BCUT2D eigenvalue weighted by Gasteiger charge is 2.04. The van der Waals surface area contributed by atoms with E-state index in [9.17, 15) is 9.18 Å². The van der Waals surface area contributed by atoms with Crippen LogP contribution in [0, 0.1) is 17.1 Å². The van der Waals surface area contributed by atoms with E-state index in [4.69, 9.17) is 10.00 Å². The minimum atomic E-state index is -0.452. The van der Waals surface area contributed by atoms with Crippen LogP contribution in [0.15, 0.2) is 53.6 Å². The summed E-state index contributed by atoms with van der Waals surface area (Å²) >= 11 is 0. The number of rotatable bonds is 5. The Bertz CT molecular complexity index is 721. The Kier molecular flexibility index (Phi) is 5.21. The lowest BCUT2D eigenvalue weighted by atomic mass is 10.2. The lowest BCUT2D eigenvalue weighted by Crippen LogP contribution is -2.17. The van der Waals surface area contributed by atoms with Gasteiger partial charge in [0.1, 0.15) is 17.6 Å². The molecule has 0 fully saturated rings. The molecule has 0 saturated carbocycles. The predicted octanol–water partition coefficient (Wildman–Crippen LogP) is 2.49. The fraction of sp³-hybridized carbons (Fsp3) is 0.0625. The van der Waals surface area contributed by atoms with Crippen molar-refractivity contribution in [2.24, 2.45) is 5.10 Å². The van der Waals surface area contributed by atoms with E-state index < -0.39 is 11.7 Å². The molecule has 1 amide bonds. The smallest absolute Gasteiger partial charge is 0.271 e. The fourth-order valence-electron chi connectivity index (χ4n) is 1.65. The van der Waals surface area contributed by atoms with E-state index in [1.54, 1.807) is 24.3 Å². The zero-order valence-electron chi connectivity index (χ0n) is 11.5. The van der Waals surface area contributed by atoms with Crippen molar-refractivity contribution in [3.8, 4) is 11.8 Å². The molecule has 0 heterocycles. The Morgan fingerprint density at radius 2 is 2.00 bits per heavy atom. The third kappa shape index (κ3) is 4.15. The predicted molar refractivity (Wildman–Crippen MR) is 79.0 cm³/mol. The molecule has 6 heteroatoms. The molecule has 5 nitrogen and oxygen atoms in total. The highest BCUT2D eigenvalue weighted by Crippen LogP contribution is 2.15. The quantitative estimate of drug-likeness (QED) is 0.680. The summed E-state index contributed by atoms with van der Waals surface area (Å²) < 4.78 is 18.0. The first-order chi connectivity index (χ1) is 10.7. The minimum absolute atomic E-state index is 0.0766. The van der Waals surface area contributed by atoms with Gasteiger partial charge in [-0.2, -0.15) is 10.4 Å². The molecule has 110 valence electrons. The number of hydrazone groups is 1. The highest BCUT2D eigenvalue weighted by atomic mass is 19.1. The van der Waals surface area contributed by atoms with Crippen LogP contribution in [0.5, 0.6) is 5.75 Å². The van der Waals surface area contributed by atoms with Crippen molar-refractivity contribution in [2.45, 2.75) is 0 Å². The molecule has 0 aliphatic carbocycles. The van der Waals surface area contributed by atoms with E-state index in [-0.39, 0.29) is 6.61 Å². The second-order valence-corrected chi connectivity index (χ2v) is 4.19. The first-order valence-corrected chi connectivity index (χ1v) is 6.38. The number of halogens is 1. The number of nitriles is 1. The number of nitrogens with zero attached hydrogens (tertiary/aromatic N) is 2. The molecule has 2 aromatic rings. The standard InChI is InChI=1S/C16H12FN3O2/c17-14-7-5-12(6-8-14)16(21)20-19-11-13-3-1-2-4-15(13)22-10-9-18/h1-8,11H,10H2,(H,20,21)/b19-11-. The Labute approximate surface area is 126 Å². The Balaban J connectivity index is 2.02. The van der Waals surface area contributed by atoms with Crippen molar-refractivity contribution in [3.63, 3.8) is 0 Å². The van der Waals surface area contributed by atoms with Gasteiger partial charge >= 0.3 is 0 Å². The normalized spacial score (nSPS) is 10.2. The topological polar surface area (TPSA) is 74.5 Å². The van der Waals surface area contributed by atoms with Crippen LogP contribution in [0.4, 0.5) is 4.39 Å². The Morgan fingerprint density at radius 3 is 2.73 bits per heavy atom. The van der Waals surface area contributed by atoms with Crippen LogP contribution in [0.3, 0.4) is 0 Å². The largest absolute Gasteiger partial charge is 0.478 e. The van der Waals surface area contributed by atoms with Gasteiger partial charge in [-0.1, -0.05) is 12.1 Å². The van der Waals surface area contributed by atoms with Gasteiger partial charge < -0.3 is 4.74 Å². The number of amides is 1. The van der Waals surface area contributed by atoms with Crippen molar-refractivity contribution in [2.75, 3.05) is 6.61 Å². The zero-order chi connectivity index (χ0) is 15.8. The van der Waals surface area contributed by atoms with Crippen molar-refractivity contribution >= 4 is 12.1 Å². The molecule has 0 bridgehead atoms. The number of nitrogens with one attached hydrogen (secondary N) is 1. The van der Waals surface area contributed by atoms with Gasteiger partial charge in [0.2, 0.25) is 0 Å². The van der Waals surface area contributed by atoms with E-state index >= 15 is 0 Å². The minimum Gasteiger partial charge on any atom is -0.478 e. The molecule has 0 saturated heterocycles. The highest BCUT2D eigenvalue weighted by molar-refractivity contribution is 5.95. The number of benzene rings is 2. The molecule has 0 aliphatic rings. The van der Waals surface area contributed by atoms with Crippen LogP contribution in [0.25, 0.3) is 0 Å². The summed E-state index contributed by atoms with van der Waals surface area (Å²) in [5, 5.41) is 12.3. The average molecular weight is 297 g/mol. The maximum absolute atomic E-state index is 12.8. The van der Waals surface area contributed by atoms with Crippen LogP contribution < -0.4 is 10.2 Å². The molecule has 2 aromatic carbocycles. The van der Waals surface area contributed by atoms with Gasteiger partial charge in [-0.3, -0.25) is 4.79 Å². The van der Waals surface area contributed by atoms with E-state index in [2.05, 4.69) is 10.5 Å². The summed E-state index contributed by atoms with van der Waals surface area (Å²) in [6.07, 6.45) is 1.41. The second kappa shape index (κ2) is 7.55. The molecule has 1 N–H and O–H groups in total. The van der Waals surface area contributed by atoms with Crippen LogP contribution in [-0.4, -0.2) is 18.7 Å². The summed E-state index contributed by atoms with van der Waals surface area (Å²) in [6.45, 7) is -0.0766. The summed E-state index contributed by atoms with van der Waals surface area (Å²) in [5.74, 6) is -0.376. The van der Waals surface area contributed by atoms with Crippen molar-refractivity contribution < 1.29 is 13.9 Å². The van der Waals surface area contributed by atoms with Crippen LogP contribution >= 0.6 is 0 Å². The molecular formula is C16H12FN3O2. The fourth-order valence-corrected chi connectivity index (χ4v) is 1.65. The molecule has 0 spiro atoms. The SMILES string of the molecule is N#CCOc1ccccc1/C=N\NC(=O)c1ccc(F)cc1. The lowest BCUT2D eigenvalue weighted by molar-refractivity contribution is 0.0955. The first kappa shape index (κ1) is 15.2. The molecule has 0 atom stereocenters. The van der Waals surface area contributed by atoms with Gasteiger partial charge in [-0.25, -0.2) is 9.82 Å². The van der Waals surface area contributed by atoms with Gasteiger partial charge in [0, 0.05) is 11.1 Å². The molecule has 0 aromatic heterocycles. The van der Waals surface area contributed by atoms with Gasteiger partial charge in [0.05, 0.1) is 6.21 Å².